The summed E-state index contributed by atoms with van der Waals surface area (Å²) >= 11 is 5.84. The SMILES string of the molecule is COc1ccc([N+](=O)[O-])cc1NS(=O)(=O)c1cc(C(=O)[O-])ccc1Cl.[K+]. The van der Waals surface area contributed by atoms with E-state index in [0.29, 0.717) is 0 Å². The van der Waals surface area contributed by atoms with E-state index < -0.39 is 31.4 Å². The summed E-state index contributed by atoms with van der Waals surface area (Å²) in [7, 11) is -3.10. The molecule has 12 heteroatoms. The number of ether oxygens (including phenoxy) is 1. The normalized spacial score (nSPS) is 10.5. The summed E-state index contributed by atoms with van der Waals surface area (Å²) in [6, 6.07) is 6.32. The minimum Gasteiger partial charge on any atom is -0.545 e. The fourth-order valence-electron chi connectivity index (χ4n) is 1.93. The smallest absolute Gasteiger partial charge is 0.545 e. The number of rotatable bonds is 6. The van der Waals surface area contributed by atoms with Crippen molar-refractivity contribution in [3.05, 3.63) is 57.1 Å². The molecule has 2 aromatic rings. The van der Waals surface area contributed by atoms with Crippen LogP contribution >= 0.6 is 11.6 Å². The predicted octanol–water partition coefficient (Wildman–Crippen LogP) is -1.57. The van der Waals surface area contributed by atoms with Crippen molar-refractivity contribution < 1.29 is 79.4 Å². The van der Waals surface area contributed by atoms with Gasteiger partial charge in [-0.15, -0.1) is 0 Å². The van der Waals surface area contributed by atoms with E-state index in [1.165, 1.54) is 13.2 Å². The van der Waals surface area contributed by atoms with Crippen molar-refractivity contribution in [1.82, 2.24) is 0 Å². The van der Waals surface area contributed by atoms with Crippen molar-refractivity contribution in [1.29, 1.82) is 0 Å². The molecule has 0 bridgehead atoms. The topological polar surface area (TPSA) is 139 Å². The van der Waals surface area contributed by atoms with Crippen molar-refractivity contribution in [2.24, 2.45) is 0 Å². The van der Waals surface area contributed by atoms with Gasteiger partial charge in [0.1, 0.15) is 10.6 Å². The summed E-state index contributed by atoms with van der Waals surface area (Å²) in [5.41, 5.74) is -0.963. The summed E-state index contributed by atoms with van der Waals surface area (Å²) in [6.07, 6.45) is 0. The number of aromatic carboxylic acids is 1. The number of nitrogens with one attached hydrogen (secondary N) is 1. The standard InChI is InChI=1S/C14H11ClN2O7S.K/c1-24-12-5-3-9(17(20)21)7-11(12)16-25(22,23)13-6-8(14(18)19)2-4-10(13)15;/h2-7,16H,1H3,(H,18,19);/q;+1/p-1. The molecule has 132 valence electrons. The maximum Gasteiger partial charge on any atom is 1.00 e. The Morgan fingerprint density at radius 1 is 1.23 bits per heavy atom. The summed E-state index contributed by atoms with van der Waals surface area (Å²) in [5.74, 6) is -1.55. The number of sulfonamides is 1. The zero-order valence-electron chi connectivity index (χ0n) is 13.6. The quantitative estimate of drug-likeness (QED) is 0.335. The zero-order valence-corrected chi connectivity index (χ0v) is 18.3. The van der Waals surface area contributed by atoms with E-state index in [2.05, 4.69) is 4.72 Å². The molecule has 0 heterocycles. The Kier molecular flexibility index (Phi) is 8.01. The van der Waals surface area contributed by atoms with Crippen LogP contribution in [0.1, 0.15) is 10.4 Å². The maximum atomic E-state index is 12.5. The number of methoxy groups -OCH3 is 1. The van der Waals surface area contributed by atoms with Crippen LogP contribution in [-0.2, 0) is 10.0 Å². The number of nitro benzene ring substituents is 1. The van der Waals surface area contributed by atoms with Gasteiger partial charge >= 0.3 is 51.4 Å². The van der Waals surface area contributed by atoms with Crippen molar-refractivity contribution in [3.8, 4) is 5.75 Å². The second-order valence-corrected chi connectivity index (χ2v) is 6.74. The van der Waals surface area contributed by atoms with Crippen LogP contribution in [0.15, 0.2) is 41.3 Å². The molecule has 0 saturated heterocycles. The van der Waals surface area contributed by atoms with Gasteiger partial charge in [0.2, 0.25) is 0 Å². The number of anilines is 1. The number of carbonyl (C=O) groups is 1. The van der Waals surface area contributed by atoms with E-state index in [4.69, 9.17) is 16.3 Å². The second kappa shape index (κ2) is 9.13. The van der Waals surface area contributed by atoms with Gasteiger partial charge in [-0.2, -0.15) is 0 Å². The fourth-order valence-corrected chi connectivity index (χ4v) is 3.51. The van der Waals surface area contributed by atoms with Gasteiger partial charge in [-0.05, 0) is 23.8 Å². The Labute approximate surface area is 195 Å². The molecule has 0 atom stereocenters. The van der Waals surface area contributed by atoms with Gasteiger partial charge in [-0.25, -0.2) is 8.42 Å². The molecule has 0 unspecified atom stereocenters. The van der Waals surface area contributed by atoms with E-state index >= 15 is 0 Å². The summed E-state index contributed by atoms with van der Waals surface area (Å²) in [4.78, 5) is 20.5. The summed E-state index contributed by atoms with van der Waals surface area (Å²) in [6.45, 7) is 0. The molecule has 0 amide bonds. The first-order chi connectivity index (χ1) is 11.7. The van der Waals surface area contributed by atoms with Crippen LogP contribution in [0.4, 0.5) is 11.4 Å². The molecule has 0 aliphatic carbocycles. The molecule has 26 heavy (non-hydrogen) atoms. The molecule has 0 spiro atoms. The van der Waals surface area contributed by atoms with Crippen LogP contribution in [0.3, 0.4) is 0 Å². The Morgan fingerprint density at radius 2 is 1.88 bits per heavy atom. The Morgan fingerprint density at radius 3 is 2.42 bits per heavy atom. The Balaban J connectivity index is 0.00000338. The van der Waals surface area contributed by atoms with E-state index in [1.807, 2.05) is 0 Å². The van der Waals surface area contributed by atoms with Gasteiger partial charge in [0, 0.05) is 12.1 Å². The van der Waals surface area contributed by atoms with Gasteiger partial charge < -0.3 is 14.6 Å². The Bertz CT molecular complexity index is 966. The summed E-state index contributed by atoms with van der Waals surface area (Å²) in [5, 5.41) is 21.5. The van der Waals surface area contributed by atoms with Crippen LogP contribution in [0.5, 0.6) is 5.75 Å². The average Bonchev–Trinajstić information content (AvgIpc) is 2.54. The number of carboxylic acids is 1. The largest absolute Gasteiger partial charge is 1.00 e. The summed E-state index contributed by atoms with van der Waals surface area (Å²) < 4.78 is 32.1. The van der Waals surface area contributed by atoms with Crippen LogP contribution in [0.2, 0.25) is 5.02 Å². The van der Waals surface area contributed by atoms with Gasteiger partial charge in [-0.1, -0.05) is 17.7 Å². The number of benzene rings is 2. The van der Waals surface area contributed by atoms with E-state index in [1.54, 1.807) is 0 Å². The van der Waals surface area contributed by atoms with E-state index in [0.717, 1.165) is 30.3 Å². The molecule has 9 nitrogen and oxygen atoms in total. The van der Waals surface area contributed by atoms with Crippen molar-refractivity contribution >= 4 is 39.0 Å². The zero-order chi connectivity index (χ0) is 18.8. The second-order valence-electron chi connectivity index (χ2n) is 4.68. The molecule has 0 aliphatic rings. The van der Waals surface area contributed by atoms with Gasteiger partial charge in [0.15, 0.2) is 0 Å². The van der Waals surface area contributed by atoms with Gasteiger partial charge in [0.25, 0.3) is 15.7 Å². The molecule has 0 fully saturated rings. The number of halogens is 1. The molecule has 0 saturated carbocycles. The molecule has 0 radical (unpaired) electrons. The third kappa shape index (κ3) is 5.16. The molecule has 2 aromatic carbocycles. The third-order valence-corrected chi connectivity index (χ3v) is 4.94. The molecule has 0 aromatic heterocycles. The minimum atomic E-state index is -4.35. The third-order valence-electron chi connectivity index (χ3n) is 3.09. The van der Waals surface area contributed by atoms with Gasteiger partial charge in [0.05, 0.1) is 28.7 Å². The predicted molar refractivity (Wildman–Crippen MR) is 86.2 cm³/mol. The molecule has 0 aliphatic heterocycles. The van der Waals surface area contributed by atoms with Crippen LogP contribution in [0, 0.1) is 10.1 Å². The number of nitrogens with zero attached hydrogens (tertiary/aromatic N) is 1. The molecular weight excluding hydrogens is 415 g/mol. The maximum absolute atomic E-state index is 12.5. The fraction of sp³-hybridized carbons (Fsp3) is 0.0714. The van der Waals surface area contributed by atoms with Gasteiger partial charge in [-0.3, -0.25) is 14.8 Å². The number of non-ortho nitro benzene ring substituents is 1. The van der Waals surface area contributed by atoms with Crippen molar-refractivity contribution in [2.75, 3.05) is 11.8 Å². The van der Waals surface area contributed by atoms with E-state index in [9.17, 15) is 28.4 Å². The van der Waals surface area contributed by atoms with Crippen LogP contribution < -0.4 is 66.0 Å². The number of carboxylic acid groups (broad SMARTS) is 1. The molecule has 1 N–H and O–H groups in total. The number of hydrogen-bond donors (Lipinski definition) is 1. The first kappa shape index (κ1) is 22.8. The van der Waals surface area contributed by atoms with Crippen LogP contribution in [-0.4, -0.2) is 26.4 Å². The monoisotopic (exact) mass is 424 g/mol. The van der Waals surface area contributed by atoms with E-state index in [-0.39, 0.29) is 73.5 Å². The van der Waals surface area contributed by atoms with Crippen molar-refractivity contribution in [2.45, 2.75) is 4.90 Å². The Hall–Kier alpha value is -1.21. The van der Waals surface area contributed by atoms with Crippen LogP contribution in [0.25, 0.3) is 0 Å². The van der Waals surface area contributed by atoms with Crippen molar-refractivity contribution in [3.63, 3.8) is 0 Å². The number of nitro groups is 1. The first-order valence-corrected chi connectivity index (χ1v) is 8.38. The number of carbonyl (C=O) groups excluding carboxylic acids is 1. The first-order valence-electron chi connectivity index (χ1n) is 6.52. The minimum absolute atomic E-state index is 0. The average molecular weight is 425 g/mol. The molecular formula is C14H10ClKN2O7S. The molecule has 2 rings (SSSR count). The number of hydrogen-bond acceptors (Lipinski definition) is 7.